The number of amides is 4. The van der Waals surface area contributed by atoms with Crippen LogP contribution in [0.3, 0.4) is 0 Å². The zero-order valence-electron chi connectivity index (χ0n) is 39.9. The number of sulfonamides is 1. The van der Waals surface area contributed by atoms with Crippen LogP contribution >= 0.6 is 33.9 Å². The summed E-state index contributed by atoms with van der Waals surface area (Å²) in [5.74, 6) is -5.48. The molecule has 4 aromatic carbocycles. The van der Waals surface area contributed by atoms with Gasteiger partial charge in [0.25, 0.3) is 27.0 Å². The average molecular weight is 1250 g/mol. The lowest BCUT2D eigenvalue weighted by molar-refractivity contribution is -0.138. The van der Waals surface area contributed by atoms with Crippen LogP contribution in [-0.2, 0) is 27.2 Å². The first-order valence-corrected chi connectivity index (χ1v) is 24.7. The van der Waals surface area contributed by atoms with Gasteiger partial charge in [0, 0.05) is 27.6 Å². The number of carboxylic acids is 1. The molecular formula is C46H36F9IN10O10S2. The van der Waals surface area contributed by atoms with Gasteiger partial charge in [-0.15, -0.1) is 5.10 Å². The number of nitrogens with one attached hydrogen (secondary N) is 3. The minimum absolute atomic E-state index is 0.0681. The molecule has 412 valence electrons. The van der Waals surface area contributed by atoms with Gasteiger partial charge in [0.15, 0.2) is 6.61 Å². The van der Waals surface area contributed by atoms with Gasteiger partial charge >= 0.3 is 30.4 Å². The number of benzene rings is 4. The molecule has 0 bridgehead atoms. The quantitative estimate of drug-likeness (QED) is 0.0583. The number of carbonyl (C=O) groups excluding carboxylic acids is 3. The number of anilines is 3. The highest BCUT2D eigenvalue weighted by atomic mass is 127. The fraction of sp³-hybridized carbons (Fsp3) is 0.174. The van der Waals surface area contributed by atoms with E-state index < -0.39 is 91.3 Å². The molecule has 0 spiro atoms. The number of hydrogen-bond donors (Lipinski definition) is 4. The Hall–Kier alpha value is -8.27. The van der Waals surface area contributed by atoms with Crippen LogP contribution in [-0.4, -0.2) is 87.2 Å². The second-order valence-electron chi connectivity index (χ2n) is 15.3. The van der Waals surface area contributed by atoms with E-state index in [0.717, 1.165) is 42.5 Å². The van der Waals surface area contributed by atoms with Crippen LogP contribution in [0.15, 0.2) is 108 Å². The molecule has 7 rings (SSSR count). The number of aryl methyl sites for hydroxylation is 1. The molecule has 3 aromatic heterocycles. The molecular weight excluding hydrogens is 1210 g/mol. The molecule has 0 unspecified atom stereocenters. The number of rotatable bonds is 14. The second kappa shape index (κ2) is 26.2. The molecule has 0 aliphatic rings. The number of aromatic carboxylic acids is 1. The lowest BCUT2D eigenvalue weighted by atomic mass is 10.2. The summed E-state index contributed by atoms with van der Waals surface area (Å²) in [6.07, 6.45) is -7.90. The van der Waals surface area contributed by atoms with Crippen LogP contribution < -0.4 is 34.5 Å². The van der Waals surface area contributed by atoms with Crippen molar-refractivity contribution >= 4 is 85.1 Å². The number of halogens is 10. The Morgan fingerprint density at radius 2 is 1.50 bits per heavy atom. The number of carbonyl (C=O) groups is 4. The molecule has 4 N–H and O–H groups in total. The predicted molar refractivity (Wildman–Crippen MR) is 266 cm³/mol. The highest BCUT2D eigenvalue weighted by molar-refractivity contribution is 14.1. The minimum Gasteiger partial charge on any atom is -0.478 e. The Morgan fingerprint density at radius 1 is 0.808 bits per heavy atom. The first-order chi connectivity index (χ1) is 36.5. The molecule has 0 saturated carbocycles. The van der Waals surface area contributed by atoms with Gasteiger partial charge in [-0.2, -0.15) is 41.3 Å². The molecule has 0 saturated heterocycles. The molecule has 78 heavy (non-hydrogen) atoms. The summed E-state index contributed by atoms with van der Waals surface area (Å²) in [6, 6.07) is 16.8. The summed E-state index contributed by atoms with van der Waals surface area (Å²) >= 11 is 2.03. The Balaban J connectivity index is 0.000000216. The topological polar surface area (TPSA) is 267 Å². The van der Waals surface area contributed by atoms with Crippen LogP contribution in [0.5, 0.6) is 22.8 Å². The lowest BCUT2D eigenvalue weighted by Crippen LogP contribution is -2.40. The van der Waals surface area contributed by atoms with Crippen LogP contribution in [0.2, 0.25) is 0 Å². The van der Waals surface area contributed by atoms with Crippen molar-refractivity contribution < 1.29 is 86.4 Å². The van der Waals surface area contributed by atoms with E-state index >= 15 is 0 Å². The number of nitrogens with zero attached hydrogens (tertiary/aromatic N) is 7. The zero-order valence-corrected chi connectivity index (χ0v) is 43.7. The van der Waals surface area contributed by atoms with E-state index in [0.29, 0.717) is 15.3 Å². The van der Waals surface area contributed by atoms with Crippen LogP contribution in [0.4, 0.5) is 61.6 Å². The number of carboxylic acid groups (broad SMARTS) is 1. The Morgan fingerprint density at radius 3 is 2.12 bits per heavy atom. The van der Waals surface area contributed by atoms with Gasteiger partial charge in [0.05, 0.1) is 23.9 Å². The van der Waals surface area contributed by atoms with Crippen LogP contribution in [0.25, 0.3) is 0 Å². The largest absolute Gasteiger partial charge is 0.478 e. The normalized spacial score (nSPS) is 11.2. The minimum atomic E-state index is -4.61. The van der Waals surface area contributed by atoms with Crippen molar-refractivity contribution in [2.45, 2.75) is 44.1 Å². The van der Waals surface area contributed by atoms with Crippen LogP contribution in [0.1, 0.15) is 51.0 Å². The van der Waals surface area contributed by atoms with Gasteiger partial charge in [0.1, 0.15) is 39.5 Å². The van der Waals surface area contributed by atoms with Gasteiger partial charge < -0.3 is 29.5 Å². The summed E-state index contributed by atoms with van der Waals surface area (Å²) in [7, 11) is -3.14. The van der Waals surface area contributed by atoms with Crippen molar-refractivity contribution in [3.05, 3.63) is 152 Å². The maximum atomic E-state index is 13.7. The monoisotopic (exact) mass is 1250 g/mol. The third-order valence-corrected chi connectivity index (χ3v) is 12.2. The van der Waals surface area contributed by atoms with E-state index in [1.165, 1.54) is 73.7 Å². The third-order valence-electron chi connectivity index (χ3n) is 9.25. The Kier molecular flexibility index (Phi) is 20.3. The van der Waals surface area contributed by atoms with Gasteiger partial charge in [-0.1, -0.05) is 22.5 Å². The highest BCUT2D eigenvalue weighted by Gasteiger charge is 2.36. The van der Waals surface area contributed by atoms with E-state index in [2.05, 4.69) is 40.8 Å². The molecule has 0 radical (unpaired) electrons. The molecule has 7 aromatic rings. The summed E-state index contributed by atoms with van der Waals surface area (Å²) < 4.78 is 158. The van der Waals surface area contributed by atoms with E-state index in [4.69, 9.17) is 19.3 Å². The maximum absolute atomic E-state index is 13.7. The van der Waals surface area contributed by atoms with Crippen molar-refractivity contribution in [1.29, 1.82) is 0 Å². The van der Waals surface area contributed by atoms with Crippen molar-refractivity contribution in [2.75, 3.05) is 29.3 Å². The standard InChI is InChI=1S/C19H11F5N2O2.C14H13F4N3O2S.C13H12IN5O6S/c20-12-6-7-16(15(21)10-12)26-17(27)14-5-2-8-25-18(14)28-13-4-1-3-11(9-13)19(22,23)24;1-8(2)21(10-5-3-9(15)4-6-10)11(22)7-23-13-20-19-12(24-13)14(16,17)18;1-6-15-11(18-13(16-6)25-2)17-12(22)19-26(23,24)9-5-7(14)3-4-8(9)10(20)21/h1-10H,(H,26,27);3-6,8H,7H2,1-2H3;3-5H,1-2H3,(H,20,21)(H2,15,16,17,18,19,22). The number of alkyl halides is 6. The first kappa shape index (κ1) is 60.6. The van der Waals surface area contributed by atoms with E-state index in [1.54, 1.807) is 18.6 Å². The molecule has 32 heteroatoms. The first-order valence-electron chi connectivity index (χ1n) is 21.4. The summed E-state index contributed by atoms with van der Waals surface area (Å²) in [6.45, 7) is 4.50. The zero-order chi connectivity index (χ0) is 57.7. The second-order valence-corrected chi connectivity index (χ2v) is 19.1. The molecule has 3 heterocycles. The Bertz CT molecular complexity index is 3420. The van der Waals surface area contributed by atoms with Crippen LogP contribution in [0, 0.1) is 27.9 Å². The maximum Gasteiger partial charge on any atom is 0.445 e. The number of aromatic nitrogens is 6. The number of pyridine rings is 1. The van der Waals surface area contributed by atoms with E-state index in [1.807, 2.05) is 22.6 Å². The Labute approximate surface area is 452 Å². The van der Waals surface area contributed by atoms with Gasteiger partial charge in [-0.3, -0.25) is 14.9 Å². The summed E-state index contributed by atoms with van der Waals surface area (Å²) in [4.78, 5) is 64.0. The summed E-state index contributed by atoms with van der Waals surface area (Å²) in [5.41, 5.74) is -1.37. The predicted octanol–water partition coefficient (Wildman–Crippen LogP) is 9.94. The van der Waals surface area contributed by atoms with Crippen molar-refractivity contribution in [2.24, 2.45) is 0 Å². The molecule has 0 fully saturated rings. The fourth-order valence-corrected chi connectivity index (χ4v) is 8.38. The molecule has 0 aliphatic carbocycles. The van der Waals surface area contributed by atoms with Crippen molar-refractivity contribution in [3.8, 4) is 22.8 Å². The van der Waals surface area contributed by atoms with E-state index in [9.17, 15) is 67.1 Å². The molecule has 20 nitrogen and oxygen atoms in total. The molecule has 4 amide bonds. The average Bonchev–Trinajstić information content (AvgIpc) is 3.86. The fourth-order valence-electron chi connectivity index (χ4n) is 5.98. The van der Waals surface area contributed by atoms with Gasteiger partial charge in [-0.25, -0.2) is 40.9 Å². The number of ether oxygens (including phenoxy) is 3. The van der Waals surface area contributed by atoms with Crippen molar-refractivity contribution in [1.82, 2.24) is 34.9 Å². The molecule has 0 aliphatic heterocycles. The van der Waals surface area contributed by atoms with E-state index in [-0.39, 0.29) is 63.2 Å². The third kappa shape index (κ3) is 17.4. The number of methoxy groups -OCH3 is 1. The summed E-state index contributed by atoms with van der Waals surface area (Å²) in [5, 5.41) is 18.2. The van der Waals surface area contributed by atoms with Crippen molar-refractivity contribution in [3.63, 3.8) is 0 Å². The smallest absolute Gasteiger partial charge is 0.445 e. The SMILES string of the molecule is CC(C)N(C(=O)COc1nnc(C(F)(F)F)s1)c1ccc(F)cc1.COc1nc(C)nc(NC(=O)NS(=O)(=O)c2cc(I)ccc2C(=O)O)n1.O=C(Nc1ccc(F)cc1F)c1cccnc1Oc1cccc(C(F)(F)F)c1. The van der Waals surface area contributed by atoms with Gasteiger partial charge in [0.2, 0.25) is 16.8 Å². The lowest BCUT2D eigenvalue weighted by Gasteiger charge is -2.26. The highest BCUT2D eigenvalue weighted by Crippen LogP contribution is 2.35. The number of urea groups is 1. The van der Waals surface area contributed by atoms with Gasteiger partial charge in [-0.05, 0) is 128 Å². The number of hydrogen-bond acceptors (Lipinski definition) is 16. The molecule has 0 atom stereocenters.